The first-order valence-electron chi connectivity index (χ1n) is 5.75. The molecule has 0 aliphatic heterocycles. The highest BCUT2D eigenvalue weighted by Gasteiger charge is 2.06. The van der Waals surface area contributed by atoms with Gasteiger partial charge in [0.15, 0.2) is 0 Å². The second-order valence-corrected chi connectivity index (χ2v) is 4.03. The third-order valence-electron chi connectivity index (χ3n) is 2.84. The van der Waals surface area contributed by atoms with Gasteiger partial charge in [-0.1, -0.05) is 18.2 Å². The SMILES string of the molecule is CNc1nc2ccccc2cc1Cn1cncn1. The summed E-state index contributed by atoms with van der Waals surface area (Å²) in [5.74, 6) is 0.879. The molecule has 0 spiro atoms. The van der Waals surface area contributed by atoms with Crippen molar-refractivity contribution in [1.82, 2.24) is 19.7 Å². The van der Waals surface area contributed by atoms with Crippen molar-refractivity contribution in [3.8, 4) is 0 Å². The lowest BCUT2D eigenvalue weighted by molar-refractivity contribution is 0.685. The van der Waals surface area contributed by atoms with Crippen molar-refractivity contribution in [2.45, 2.75) is 6.54 Å². The average Bonchev–Trinajstić information content (AvgIpc) is 2.91. The van der Waals surface area contributed by atoms with Crippen LogP contribution in [0.3, 0.4) is 0 Å². The van der Waals surface area contributed by atoms with Gasteiger partial charge in [-0.05, 0) is 12.1 Å². The van der Waals surface area contributed by atoms with Crippen LogP contribution in [0, 0.1) is 0 Å². The molecule has 3 rings (SSSR count). The van der Waals surface area contributed by atoms with E-state index < -0.39 is 0 Å². The predicted molar refractivity (Wildman–Crippen MR) is 70.4 cm³/mol. The molecule has 0 saturated carbocycles. The van der Waals surface area contributed by atoms with Crippen LogP contribution in [0.15, 0.2) is 43.0 Å². The summed E-state index contributed by atoms with van der Waals surface area (Å²) in [7, 11) is 1.88. The number of pyridine rings is 1. The summed E-state index contributed by atoms with van der Waals surface area (Å²) in [6.07, 6.45) is 3.24. The van der Waals surface area contributed by atoms with E-state index in [1.165, 1.54) is 6.33 Å². The van der Waals surface area contributed by atoms with Gasteiger partial charge in [0.2, 0.25) is 0 Å². The largest absolute Gasteiger partial charge is 0.373 e. The number of para-hydroxylation sites is 1. The van der Waals surface area contributed by atoms with Gasteiger partial charge in [0.1, 0.15) is 18.5 Å². The molecule has 1 aromatic carbocycles. The van der Waals surface area contributed by atoms with Crippen molar-refractivity contribution in [2.24, 2.45) is 0 Å². The monoisotopic (exact) mass is 239 g/mol. The van der Waals surface area contributed by atoms with Crippen molar-refractivity contribution in [3.63, 3.8) is 0 Å². The summed E-state index contributed by atoms with van der Waals surface area (Å²) in [6.45, 7) is 0.661. The van der Waals surface area contributed by atoms with E-state index in [9.17, 15) is 0 Å². The first-order chi connectivity index (χ1) is 8.86. The van der Waals surface area contributed by atoms with Crippen molar-refractivity contribution in [2.75, 3.05) is 12.4 Å². The Morgan fingerprint density at radius 3 is 2.94 bits per heavy atom. The van der Waals surface area contributed by atoms with Crippen LogP contribution in [0.25, 0.3) is 10.9 Å². The maximum Gasteiger partial charge on any atom is 0.137 e. The predicted octanol–water partition coefficient (Wildman–Crippen LogP) is 1.92. The number of nitrogens with zero attached hydrogens (tertiary/aromatic N) is 4. The van der Waals surface area contributed by atoms with E-state index in [2.05, 4.69) is 32.5 Å². The van der Waals surface area contributed by atoms with Gasteiger partial charge in [-0.25, -0.2) is 14.6 Å². The third-order valence-corrected chi connectivity index (χ3v) is 2.84. The van der Waals surface area contributed by atoms with Crippen LogP contribution in [-0.4, -0.2) is 26.8 Å². The normalized spacial score (nSPS) is 10.7. The molecule has 18 heavy (non-hydrogen) atoms. The molecule has 0 aliphatic rings. The molecule has 3 aromatic rings. The first-order valence-corrected chi connectivity index (χ1v) is 5.75. The minimum atomic E-state index is 0.661. The number of fused-ring (bicyclic) bond motifs is 1. The summed E-state index contributed by atoms with van der Waals surface area (Å²) >= 11 is 0. The fourth-order valence-corrected chi connectivity index (χ4v) is 1.99. The van der Waals surface area contributed by atoms with Gasteiger partial charge in [-0.3, -0.25) is 0 Å². The topological polar surface area (TPSA) is 55.6 Å². The van der Waals surface area contributed by atoms with Gasteiger partial charge < -0.3 is 5.32 Å². The quantitative estimate of drug-likeness (QED) is 0.758. The summed E-state index contributed by atoms with van der Waals surface area (Å²) < 4.78 is 1.78. The highest BCUT2D eigenvalue weighted by molar-refractivity contribution is 5.81. The second kappa shape index (κ2) is 4.44. The number of hydrogen-bond donors (Lipinski definition) is 1. The summed E-state index contributed by atoms with van der Waals surface area (Å²) in [6, 6.07) is 10.2. The van der Waals surface area contributed by atoms with E-state index in [0.717, 1.165) is 22.3 Å². The van der Waals surface area contributed by atoms with Crippen LogP contribution >= 0.6 is 0 Å². The van der Waals surface area contributed by atoms with Gasteiger partial charge in [0.25, 0.3) is 0 Å². The fourth-order valence-electron chi connectivity index (χ4n) is 1.99. The number of hydrogen-bond acceptors (Lipinski definition) is 4. The molecule has 2 aromatic heterocycles. The summed E-state index contributed by atoms with van der Waals surface area (Å²) in [5.41, 5.74) is 2.09. The summed E-state index contributed by atoms with van der Waals surface area (Å²) in [5, 5.41) is 8.38. The minimum absolute atomic E-state index is 0.661. The van der Waals surface area contributed by atoms with Gasteiger partial charge in [0, 0.05) is 18.0 Å². The van der Waals surface area contributed by atoms with E-state index >= 15 is 0 Å². The maximum absolute atomic E-state index is 4.60. The standard InChI is InChI=1S/C13H13N5/c1-14-13-11(7-18-9-15-8-16-18)6-10-4-2-3-5-12(10)17-13/h2-6,8-9H,7H2,1H3,(H,14,17). The fraction of sp³-hybridized carbons (Fsp3) is 0.154. The molecule has 0 saturated heterocycles. The Hall–Kier alpha value is -2.43. The molecular formula is C13H13N5. The highest BCUT2D eigenvalue weighted by atomic mass is 15.3. The Labute approximate surface area is 104 Å². The molecule has 1 N–H and O–H groups in total. The van der Waals surface area contributed by atoms with E-state index in [1.54, 1.807) is 11.0 Å². The smallest absolute Gasteiger partial charge is 0.137 e. The number of benzene rings is 1. The number of anilines is 1. The Morgan fingerprint density at radius 2 is 2.17 bits per heavy atom. The zero-order valence-corrected chi connectivity index (χ0v) is 10.0. The summed E-state index contributed by atoms with van der Waals surface area (Å²) in [4.78, 5) is 8.55. The lowest BCUT2D eigenvalue weighted by atomic mass is 10.1. The molecule has 0 aliphatic carbocycles. The van der Waals surface area contributed by atoms with Crippen LogP contribution in [0.1, 0.15) is 5.56 Å². The molecule has 0 unspecified atom stereocenters. The maximum atomic E-state index is 4.60. The first kappa shape index (κ1) is 10.7. The van der Waals surface area contributed by atoms with E-state index in [-0.39, 0.29) is 0 Å². The molecule has 90 valence electrons. The minimum Gasteiger partial charge on any atom is -0.373 e. The number of rotatable bonds is 3. The Morgan fingerprint density at radius 1 is 1.28 bits per heavy atom. The van der Waals surface area contributed by atoms with Crippen molar-refractivity contribution >= 4 is 16.7 Å². The van der Waals surface area contributed by atoms with Crippen LogP contribution in [0.5, 0.6) is 0 Å². The lowest BCUT2D eigenvalue weighted by Gasteiger charge is -2.09. The van der Waals surface area contributed by atoms with Crippen molar-refractivity contribution < 1.29 is 0 Å². The van der Waals surface area contributed by atoms with Gasteiger partial charge >= 0.3 is 0 Å². The Kier molecular flexibility index (Phi) is 2.64. The van der Waals surface area contributed by atoms with Gasteiger partial charge in [-0.15, -0.1) is 0 Å². The molecule has 0 fully saturated rings. The molecule has 0 radical (unpaired) electrons. The molecule has 0 bridgehead atoms. The highest BCUT2D eigenvalue weighted by Crippen LogP contribution is 2.20. The number of nitrogens with one attached hydrogen (secondary N) is 1. The average molecular weight is 239 g/mol. The number of aromatic nitrogens is 4. The van der Waals surface area contributed by atoms with Crippen LogP contribution in [0.2, 0.25) is 0 Å². The van der Waals surface area contributed by atoms with Crippen LogP contribution < -0.4 is 5.32 Å². The lowest BCUT2D eigenvalue weighted by Crippen LogP contribution is -2.05. The zero-order chi connectivity index (χ0) is 12.4. The van der Waals surface area contributed by atoms with Crippen LogP contribution in [-0.2, 0) is 6.54 Å². The molecule has 0 atom stereocenters. The zero-order valence-electron chi connectivity index (χ0n) is 10.0. The van der Waals surface area contributed by atoms with Crippen molar-refractivity contribution in [1.29, 1.82) is 0 Å². The third kappa shape index (κ3) is 1.90. The molecule has 5 nitrogen and oxygen atoms in total. The molecular weight excluding hydrogens is 226 g/mol. The van der Waals surface area contributed by atoms with Crippen LogP contribution in [0.4, 0.5) is 5.82 Å². The van der Waals surface area contributed by atoms with Gasteiger partial charge in [0.05, 0.1) is 12.1 Å². The van der Waals surface area contributed by atoms with E-state index in [4.69, 9.17) is 0 Å². The molecule has 5 heteroatoms. The van der Waals surface area contributed by atoms with E-state index in [1.807, 2.05) is 25.2 Å². The van der Waals surface area contributed by atoms with Gasteiger partial charge in [-0.2, -0.15) is 5.10 Å². The molecule has 0 amide bonds. The van der Waals surface area contributed by atoms with E-state index in [0.29, 0.717) is 6.54 Å². The Balaban J connectivity index is 2.09. The van der Waals surface area contributed by atoms with Crippen molar-refractivity contribution in [3.05, 3.63) is 48.5 Å². The molecule has 2 heterocycles. The second-order valence-electron chi connectivity index (χ2n) is 4.03. The Bertz CT molecular complexity index is 660.